The van der Waals surface area contributed by atoms with E-state index in [-0.39, 0.29) is 12.5 Å². The molecule has 0 saturated carbocycles. The molecular weight excluding hydrogens is 258 g/mol. The van der Waals surface area contributed by atoms with Crippen LogP contribution in [0.1, 0.15) is 42.0 Å². The lowest BCUT2D eigenvalue weighted by molar-refractivity contribution is -0.141. The molecule has 6 heteroatoms. The summed E-state index contributed by atoms with van der Waals surface area (Å²) in [5.74, 6) is -1.66. The first-order chi connectivity index (χ1) is 9.29. The summed E-state index contributed by atoms with van der Waals surface area (Å²) in [6.45, 7) is 8.28. The van der Waals surface area contributed by atoms with Gasteiger partial charge in [-0.2, -0.15) is 5.10 Å². The summed E-state index contributed by atoms with van der Waals surface area (Å²) in [4.78, 5) is 24.8. The Morgan fingerprint density at radius 1 is 1.40 bits per heavy atom. The Kier molecular flexibility index (Phi) is 5.30. The Bertz CT molecular complexity index is 508. The fourth-order valence-corrected chi connectivity index (χ4v) is 2.20. The topological polar surface area (TPSA) is 75.4 Å². The molecule has 0 fully saturated rings. The first-order valence-electron chi connectivity index (χ1n) is 6.81. The van der Waals surface area contributed by atoms with E-state index in [2.05, 4.69) is 12.0 Å². The molecule has 0 aliphatic rings. The van der Waals surface area contributed by atoms with Crippen LogP contribution in [0.3, 0.4) is 0 Å². The van der Waals surface area contributed by atoms with E-state index in [0.29, 0.717) is 11.3 Å². The van der Waals surface area contributed by atoms with Crippen molar-refractivity contribution in [3.05, 3.63) is 17.0 Å². The predicted octanol–water partition coefficient (Wildman–Crippen LogP) is 1.70. The summed E-state index contributed by atoms with van der Waals surface area (Å²) in [7, 11) is 1.62. The molecule has 6 nitrogen and oxygen atoms in total. The number of aromatic nitrogens is 2. The average Bonchev–Trinajstić information content (AvgIpc) is 2.64. The summed E-state index contributed by atoms with van der Waals surface area (Å²) < 4.78 is 1.83. The molecule has 0 aliphatic carbocycles. The molecule has 112 valence electrons. The third kappa shape index (κ3) is 3.37. The van der Waals surface area contributed by atoms with Gasteiger partial charge in [0.2, 0.25) is 0 Å². The van der Waals surface area contributed by atoms with E-state index in [1.54, 1.807) is 20.9 Å². The molecule has 1 N–H and O–H groups in total. The molecule has 1 aromatic heterocycles. The molecule has 1 aromatic rings. The minimum atomic E-state index is -0.903. The molecule has 0 aliphatic heterocycles. The number of aryl methyl sites for hydroxylation is 2. The lowest BCUT2D eigenvalue weighted by Crippen LogP contribution is -2.34. The molecule has 0 saturated heterocycles. The molecule has 0 aromatic carbocycles. The van der Waals surface area contributed by atoms with Gasteiger partial charge in [0.25, 0.3) is 5.91 Å². The average molecular weight is 281 g/mol. The summed E-state index contributed by atoms with van der Waals surface area (Å²) >= 11 is 0. The third-order valence-corrected chi connectivity index (χ3v) is 3.35. The van der Waals surface area contributed by atoms with Crippen LogP contribution in [-0.2, 0) is 11.3 Å². The molecule has 0 bridgehead atoms. The van der Waals surface area contributed by atoms with Crippen molar-refractivity contribution in [1.82, 2.24) is 14.7 Å². The number of carboxylic acids is 1. The van der Waals surface area contributed by atoms with Gasteiger partial charge in [0.05, 0.1) is 17.2 Å². The Labute approximate surface area is 119 Å². The number of amides is 1. The Morgan fingerprint density at radius 3 is 2.50 bits per heavy atom. The fourth-order valence-electron chi connectivity index (χ4n) is 2.20. The van der Waals surface area contributed by atoms with Gasteiger partial charge in [-0.25, -0.2) is 0 Å². The van der Waals surface area contributed by atoms with E-state index in [1.807, 2.05) is 11.6 Å². The van der Waals surface area contributed by atoms with Crippen LogP contribution >= 0.6 is 0 Å². The highest BCUT2D eigenvalue weighted by molar-refractivity contribution is 5.96. The van der Waals surface area contributed by atoms with Crippen LogP contribution in [0.5, 0.6) is 0 Å². The van der Waals surface area contributed by atoms with Crippen molar-refractivity contribution in [3.8, 4) is 0 Å². The second-order valence-electron chi connectivity index (χ2n) is 5.19. The number of hydrogen-bond acceptors (Lipinski definition) is 3. The number of carbonyl (C=O) groups excluding carboxylic acids is 1. The number of carbonyl (C=O) groups is 2. The molecule has 1 unspecified atom stereocenters. The Balaban J connectivity index is 2.94. The highest BCUT2D eigenvalue weighted by Gasteiger charge is 2.24. The van der Waals surface area contributed by atoms with Crippen LogP contribution < -0.4 is 0 Å². The number of carboxylic acid groups (broad SMARTS) is 1. The summed E-state index contributed by atoms with van der Waals surface area (Å²) in [5.41, 5.74) is 2.11. The van der Waals surface area contributed by atoms with Gasteiger partial charge in [0, 0.05) is 25.8 Å². The molecule has 1 heterocycles. The molecular formula is C14H23N3O3. The van der Waals surface area contributed by atoms with E-state index in [1.165, 1.54) is 4.90 Å². The maximum atomic E-state index is 12.4. The van der Waals surface area contributed by atoms with Gasteiger partial charge in [-0.3, -0.25) is 14.3 Å². The lowest BCUT2D eigenvalue weighted by Gasteiger charge is -2.19. The minimum absolute atomic E-state index is 0.171. The second kappa shape index (κ2) is 6.54. The highest BCUT2D eigenvalue weighted by atomic mass is 16.4. The molecule has 20 heavy (non-hydrogen) atoms. The maximum absolute atomic E-state index is 12.4. The quantitative estimate of drug-likeness (QED) is 0.861. The van der Waals surface area contributed by atoms with Gasteiger partial charge in [0.1, 0.15) is 0 Å². The first-order valence-corrected chi connectivity index (χ1v) is 6.81. The molecule has 0 spiro atoms. The standard InChI is InChI=1S/C14H23N3O3/c1-6-7-17-11(4)12(10(3)15-17)13(18)16(5)8-9(2)14(19)20/h9H,6-8H2,1-5H3,(H,19,20). The predicted molar refractivity (Wildman–Crippen MR) is 75.8 cm³/mol. The van der Waals surface area contributed by atoms with Crippen molar-refractivity contribution < 1.29 is 14.7 Å². The fraction of sp³-hybridized carbons (Fsp3) is 0.643. The van der Waals surface area contributed by atoms with Gasteiger partial charge in [-0.15, -0.1) is 0 Å². The Hall–Kier alpha value is -1.85. The zero-order chi connectivity index (χ0) is 15.4. The number of hydrogen-bond donors (Lipinski definition) is 1. The van der Waals surface area contributed by atoms with Crippen LogP contribution in [-0.4, -0.2) is 45.3 Å². The number of rotatable bonds is 6. The van der Waals surface area contributed by atoms with Gasteiger partial charge >= 0.3 is 5.97 Å². The monoisotopic (exact) mass is 281 g/mol. The molecule has 1 atom stereocenters. The van der Waals surface area contributed by atoms with Crippen molar-refractivity contribution in [2.75, 3.05) is 13.6 Å². The summed E-state index contributed by atoms with van der Waals surface area (Å²) in [5, 5.41) is 13.3. The van der Waals surface area contributed by atoms with E-state index in [0.717, 1.165) is 18.7 Å². The summed E-state index contributed by atoms with van der Waals surface area (Å²) in [6.07, 6.45) is 0.946. The van der Waals surface area contributed by atoms with Gasteiger partial charge in [-0.05, 0) is 20.3 Å². The van der Waals surface area contributed by atoms with Gasteiger partial charge in [-0.1, -0.05) is 13.8 Å². The van der Waals surface area contributed by atoms with Gasteiger partial charge < -0.3 is 10.0 Å². The van der Waals surface area contributed by atoms with Gasteiger partial charge in [0.15, 0.2) is 0 Å². The zero-order valence-electron chi connectivity index (χ0n) is 12.8. The van der Waals surface area contributed by atoms with Crippen LogP contribution in [0, 0.1) is 19.8 Å². The molecule has 1 rings (SSSR count). The van der Waals surface area contributed by atoms with Crippen molar-refractivity contribution in [3.63, 3.8) is 0 Å². The van der Waals surface area contributed by atoms with Crippen LogP contribution in [0.15, 0.2) is 0 Å². The van der Waals surface area contributed by atoms with Crippen molar-refractivity contribution in [2.24, 2.45) is 5.92 Å². The summed E-state index contributed by atoms with van der Waals surface area (Å²) in [6, 6.07) is 0. The largest absolute Gasteiger partial charge is 0.481 e. The number of aliphatic carboxylic acids is 1. The van der Waals surface area contributed by atoms with Crippen LogP contribution in [0.25, 0.3) is 0 Å². The van der Waals surface area contributed by atoms with Crippen molar-refractivity contribution in [1.29, 1.82) is 0 Å². The minimum Gasteiger partial charge on any atom is -0.481 e. The molecule has 1 amide bonds. The van der Waals surface area contributed by atoms with E-state index >= 15 is 0 Å². The second-order valence-corrected chi connectivity index (χ2v) is 5.19. The van der Waals surface area contributed by atoms with E-state index in [9.17, 15) is 9.59 Å². The third-order valence-electron chi connectivity index (χ3n) is 3.35. The smallest absolute Gasteiger partial charge is 0.308 e. The van der Waals surface area contributed by atoms with E-state index < -0.39 is 11.9 Å². The highest BCUT2D eigenvalue weighted by Crippen LogP contribution is 2.16. The van der Waals surface area contributed by atoms with E-state index in [4.69, 9.17) is 5.11 Å². The van der Waals surface area contributed by atoms with Crippen molar-refractivity contribution >= 4 is 11.9 Å². The Morgan fingerprint density at radius 2 is 2.00 bits per heavy atom. The normalized spacial score (nSPS) is 12.2. The first kappa shape index (κ1) is 16.2. The zero-order valence-corrected chi connectivity index (χ0v) is 12.8. The molecule has 0 radical (unpaired) electrons. The maximum Gasteiger partial charge on any atom is 0.308 e. The number of nitrogens with zero attached hydrogens (tertiary/aromatic N) is 3. The van der Waals surface area contributed by atoms with Crippen molar-refractivity contribution in [2.45, 2.75) is 40.7 Å². The van der Waals surface area contributed by atoms with Crippen LogP contribution in [0.2, 0.25) is 0 Å². The SMILES string of the molecule is CCCn1nc(C)c(C(=O)N(C)CC(C)C(=O)O)c1C. The lowest BCUT2D eigenvalue weighted by atomic mass is 10.1. The van der Waals surface area contributed by atoms with Crippen LogP contribution in [0.4, 0.5) is 0 Å².